The fourth-order valence-electron chi connectivity index (χ4n) is 4.36. The number of hydrogen-bond acceptors (Lipinski definition) is 1. The number of halogens is 1. The lowest BCUT2D eigenvalue weighted by Gasteiger charge is -2.16. The van der Waals surface area contributed by atoms with Crippen molar-refractivity contribution in [1.29, 1.82) is 0 Å². The van der Waals surface area contributed by atoms with Gasteiger partial charge in [-0.15, -0.1) is 0 Å². The van der Waals surface area contributed by atoms with Crippen molar-refractivity contribution < 1.29 is 0 Å². The molecule has 0 saturated heterocycles. The maximum atomic E-state index is 6.66. The number of hydrogen-bond donors (Lipinski definition) is 1. The van der Waals surface area contributed by atoms with Crippen LogP contribution in [0.2, 0.25) is 0 Å². The van der Waals surface area contributed by atoms with Crippen LogP contribution in [0, 0.1) is 17.8 Å². The zero-order valence-electron chi connectivity index (χ0n) is 11.6. The van der Waals surface area contributed by atoms with E-state index >= 15 is 0 Å². The van der Waals surface area contributed by atoms with Gasteiger partial charge in [-0.1, -0.05) is 59.1 Å². The molecule has 20 heavy (non-hydrogen) atoms. The van der Waals surface area contributed by atoms with Gasteiger partial charge in [-0.05, 0) is 53.0 Å². The molecule has 3 atom stereocenters. The zero-order valence-corrected chi connectivity index (χ0v) is 13.1. The van der Waals surface area contributed by atoms with Crippen molar-refractivity contribution in [2.75, 3.05) is 0 Å². The van der Waals surface area contributed by atoms with E-state index in [-0.39, 0.29) is 6.04 Å². The number of fused-ring (bicyclic) bond motifs is 2. The summed E-state index contributed by atoms with van der Waals surface area (Å²) >= 11 is 3.65. The third-order valence-electron chi connectivity index (χ3n) is 5.40. The summed E-state index contributed by atoms with van der Waals surface area (Å²) in [6.07, 6.45) is 5.62. The second kappa shape index (κ2) is 4.85. The van der Waals surface area contributed by atoms with E-state index in [0.29, 0.717) is 0 Å². The average molecular weight is 330 g/mol. The summed E-state index contributed by atoms with van der Waals surface area (Å²) in [6.45, 7) is 0. The fraction of sp³-hybridized carbons (Fsp3) is 0.444. The Hall–Kier alpha value is -0.860. The molecule has 2 aromatic rings. The molecule has 2 fully saturated rings. The first-order valence-corrected chi connectivity index (χ1v) is 8.49. The van der Waals surface area contributed by atoms with Crippen LogP contribution in [0.5, 0.6) is 0 Å². The molecule has 2 N–H and O–H groups in total. The zero-order chi connectivity index (χ0) is 13.7. The number of nitrogens with two attached hydrogens (primary N) is 1. The lowest BCUT2D eigenvalue weighted by molar-refractivity contribution is 0.480. The molecule has 1 nitrogen and oxygen atoms in total. The Bertz CT molecular complexity index is 639. The summed E-state index contributed by atoms with van der Waals surface area (Å²) in [7, 11) is 0. The summed E-state index contributed by atoms with van der Waals surface area (Å²) in [5.74, 6) is 2.53. The molecule has 2 aliphatic rings. The molecule has 2 saturated carbocycles. The van der Waals surface area contributed by atoms with Crippen molar-refractivity contribution in [3.63, 3.8) is 0 Å². The first kappa shape index (κ1) is 12.8. The lowest BCUT2D eigenvalue weighted by atomic mass is 9.95. The Labute approximate surface area is 128 Å². The van der Waals surface area contributed by atoms with E-state index < -0.39 is 0 Å². The standard InChI is InChI=1S/C18H20BrN/c19-16-10-9-15(11-5-1-2-6-12(11)16)18(20)17-13-7-3-4-8-14(13)17/h1-2,5-6,9-10,13-14,17-18H,3-4,7-8,20H2. The Balaban J connectivity index is 1.73. The Morgan fingerprint density at radius 1 is 0.950 bits per heavy atom. The van der Waals surface area contributed by atoms with Crippen LogP contribution in [0.3, 0.4) is 0 Å². The molecular formula is C18H20BrN. The van der Waals surface area contributed by atoms with Gasteiger partial charge in [0.15, 0.2) is 0 Å². The molecule has 0 amide bonds. The number of benzene rings is 2. The van der Waals surface area contributed by atoms with Gasteiger partial charge in [0, 0.05) is 10.5 Å². The molecule has 2 aliphatic carbocycles. The molecule has 0 aromatic heterocycles. The summed E-state index contributed by atoms with van der Waals surface area (Å²) in [6, 6.07) is 13.2. The highest BCUT2D eigenvalue weighted by molar-refractivity contribution is 9.10. The number of rotatable bonds is 2. The molecule has 0 spiro atoms. The van der Waals surface area contributed by atoms with Gasteiger partial charge in [-0.3, -0.25) is 0 Å². The van der Waals surface area contributed by atoms with E-state index in [2.05, 4.69) is 52.3 Å². The van der Waals surface area contributed by atoms with E-state index in [4.69, 9.17) is 5.73 Å². The Morgan fingerprint density at radius 2 is 1.60 bits per heavy atom. The van der Waals surface area contributed by atoms with Gasteiger partial charge in [0.25, 0.3) is 0 Å². The first-order valence-electron chi connectivity index (χ1n) is 7.70. The van der Waals surface area contributed by atoms with Crippen molar-refractivity contribution in [3.05, 3.63) is 46.4 Å². The molecule has 4 rings (SSSR count). The molecule has 0 radical (unpaired) electrons. The molecule has 0 aliphatic heterocycles. The monoisotopic (exact) mass is 329 g/mol. The first-order chi connectivity index (χ1) is 9.77. The third kappa shape index (κ3) is 1.93. The van der Waals surface area contributed by atoms with E-state index in [0.717, 1.165) is 22.2 Å². The highest BCUT2D eigenvalue weighted by Gasteiger charge is 2.53. The van der Waals surface area contributed by atoms with Crippen molar-refractivity contribution in [1.82, 2.24) is 0 Å². The van der Waals surface area contributed by atoms with Crippen LogP contribution >= 0.6 is 15.9 Å². The minimum atomic E-state index is 0.209. The summed E-state index contributed by atoms with van der Waals surface area (Å²) in [5.41, 5.74) is 8.00. The molecule has 104 valence electrons. The van der Waals surface area contributed by atoms with E-state index in [1.807, 2.05) is 0 Å². The molecule has 3 unspecified atom stereocenters. The summed E-state index contributed by atoms with van der Waals surface area (Å²) < 4.78 is 1.16. The molecule has 2 heteroatoms. The van der Waals surface area contributed by atoms with Gasteiger partial charge >= 0.3 is 0 Å². The van der Waals surface area contributed by atoms with Crippen LogP contribution in [0.4, 0.5) is 0 Å². The van der Waals surface area contributed by atoms with Crippen molar-refractivity contribution >= 4 is 26.7 Å². The van der Waals surface area contributed by atoms with E-state index in [1.54, 1.807) is 0 Å². The van der Waals surface area contributed by atoms with Crippen LogP contribution in [-0.4, -0.2) is 0 Å². The minimum absolute atomic E-state index is 0.209. The predicted molar refractivity (Wildman–Crippen MR) is 87.5 cm³/mol. The second-order valence-electron chi connectivity index (χ2n) is 6.40. The average Bonchev–Trinajstić information content (AvgIpc) is 3.22. The van der Waals surface area contributed by atoms with Gasteiger partial charge < -0.3 is 5.73 Å². The van der Waals surface area contributed by atoms with E-state index in [9.17, 15) is 0 Å². The molecular weight excluding hydrogens is 310 g/mol. The molecule has 0 bridgehead atoms. The lowest BCUT2D eigenvalue weighted by Crippen LogP contribution is -2.14. The predicted octanol–water partition coefficient (Wildman–Crippen LogP) is 5.04. The summed E-state index contributed by atoms with van der Waals surface area (Å²) in [4.78, 5) is 0. The van der Waals surface area contributed by atoms with Gasteiger partial charge in [0.1, 0.15) is 0 Å². The second-order valence-corrected chi connectivity index (χ2v) is 7.25. The fourth-order valence-corrected chi connectivity index (χ4v) is 4.84. The smallest absolute Gasteiger partial charge is 0.0335 e. The van der Waals surface area contributed by atoms with Crippen molar-refractivity contribution in [2.24, 2.45) is 23.5 Å². The van der Waals surface area contributed by atoms with Crippen molar-refractivity contribution in [3.8, 4) is 0 Å². The highest BCUT2D eigenvalue weighted by atomic mass is 79.9. The van der Waals surface area contributed by atoms with Crippen LogP contribution in [0.25, 0.3) is 10.8 Å². The normalized spacial score (nSPS) is 30.0. The van der Waals surface area contributed by atoms with Crippen LogP contribution < -0.4 is 5.73 Å². The van der Waals surface area contributed by atoms with Crippen molar-refractivity contribution in [2.45, 2.75) is 31.7 Å². The minimum Gasteiger partial charge on any atom is -0.324 e. The summed E-state index contributed by atoms with van der Waals surface area (Å²) in [5, 5.41) is 2.60. The van der Waals surface area contributed by atoms with Gasteiger partial charge in [0.05, 0.1) is 0 Å². The third-order valence-corrected chi connectivity index (χ3v) is 6.09. The SMILES string of the molecule is NC(c1ccc(Br)c2ccccc12)C1C2CCCCC21. The quantitative estimate of drug-likeness (QED) is 0.820. The van der Waals surface area contributed by atoms with Gasteiger partial charge in [0.2, 0.25) is 0 Å². The van der Waals surface area contributed by atoms with Gasteiger partial charge in [-0.25, -0.2) is 0 Å². The largest absolute Gasteiger partial charge is 0.324 e. The maximum absolute atomic E-state index is 6.66. The van der Waals surface area contributed by atoms with E-state index in [1.165, 1.54) is 42.0 Å². The Kier molecular flexibility index (Phi) is 3.12. The molecule has 0 heterocycles. The van der Waals surface area contributed by atoms with Crippen LogP contribution in [0.1, 0.15) is 37.3 Å². The van der Waals surface area contributed by atoms with Gasteiger partial charge in [-0.2, -0.15) is 0 Å². The van der Waals surface area contributed by atoms with Crippen LogP contribution in [0.15, 0.2) is 40.9 Å². The highest BCUT2D eigenvalue weighted by Crippen LogP contribution is 2.60. The maximum Gasteiger partial charge on any atom is 0.0335 e. The molecule has 2 aromatic carbocycles. The van der Waals surface area contributed by atoms with Crippen LogP contribution in [-0.2, 0) is 0 Å². The topological polar surface area (TPSA) is 26.0 Å². The Morgan fingerprint density at radius 3 is 2.30 bits per heavy atom.